The molecule has 1 aromatic heterocycles. The van der Waals surface area contributed by atoms with E-state index >= 15 is 0 Å². The molecule has 6 heteroatoms. The van der Waals surface area contributed by atoms with Crippen LogP contribution in [-0.2, 0) is 23.3 Å². The molecule has 0 radical (unpaired) electrons. The SMILES string of the molecule is C1=NONC1(Cc1ccccc1)c1nonc1Cc1ccccc1. The van der Waals surface area contributed by atoms with Crippen LogP contribution in [0.15, 0.2) is 70.4 Å². The summed E-state index contributed by atoms with van der Waals surface area (Å²) in [5.74, 6) is 0. The molecule has 1 N–H and O–H groups in total. The fraction of sp³-hybridized carbons (Fsp3) is 0.167. The lowest BCUT2D eigenvalue weighted by atomic mass is 9.87. The van der Waals surface area contributed by atoms with Crippen LogP contribution >= 0.6 is 0 Å². The topological polar surface area (TPSA) is 72.5 Å². The summed E-state index contributed by atoms with van der Waals surface area (Å²) in [5.41, 5.74) is 6.00. The van der Waals surface area contributed by atoms with Crippen LogP contribution in [0.1, 0.15) is 22.5 Å². The summed E-state index contributed by atoms with van der Waals surface area (Å²) >= 11 is 0. The van der Waals surface area contributed by atoms with E-state index in [4.69, 9.17) is 9.57 Å². The molecule has 1 aliphatic heterocycles. The Morgan fingerprint density at radius 2 is 1.58 bits per heavy atom. The molecular weight excluding hydrogens is 304 g/mol. The van der Waals surface area contributed by atoms with Crippen molar-refractivity contribution < 1.29 is 9.57 Å². The highest BCUT2D eigenvalue weighted by molar-refractivity contribution is 5.73. The van der Waals surface area contributed by atoms with Gasteiger partial charge in [-0.1, -0.05) is 76.1 Å². The van der Waals surface area contributed by atoms with Gasteiger partial charge in [0.05, 0.1) is 6.21 Å². The normalized spacial score (nSPS) is 19.3. The van der Waals surface area contributed by atoms with Crippen molar-refractivity contribution >= 4 is 6.21 Å². The quantitative estimate of drug-likeness (QED) is 0.782. The molecule has 1 aliphatic rings. The lowest BCUT2D eigenvalue weighted by Crippen LogP contribution is -2.42. The van der Waals surface area contributed by atoms with Crippen molar-refractivity contribution in [2.45, 2.75) is 18.4 Å². The summed E-state index contributed by atoms with van der Waals surface area (Å²) in [6.45, 7) is 0. The maximum atomic E-state index is 5.07. The molecule has 2 aromatic carbocycles. The van der Waals surface area contributed by atoms with Crippen molar-refractivity contribution in [2.24, 2.45) is 5.16 Å². The summed E-state index contributed by atoms with van der Waals surface area (Å²) in [5, 5.41) is 12.1. The maximum Gasteiger partial charge on any atom is 0.146 e. The van der Waals surface area contributed by atoms with Gasteiger partial charge in [0.25, 0.3) is 0 Å². The van der Waals surface area contributed by atoms with Gasteiger partial charge in [-0.25, -0.2) is 4.63 Å². The standard InChI is InChI=1S/C18H16N4O2/c1-3-7-14(8-4-1)11-16-17(21-24-20-16)18(13-19-23-22-18)12-15-9-5-2-6-10-15/h1-10,13,22H,11-12H2. The van der Waals surface area contributed by atoms with E-state index in [-0.39, 0.29) is 0 Å². The molecule has 6 nitrogen and oxygen atoms in total. The number of hydrogen-bond donors (Lipinski definition) is 1. The van der Waals surface area contributed by atoms with Gasteiger partial charge < -0.3 is 0 Å². The Bertz CT molecular complexity index is 832. The molecule has 0 fully saturated rings. The van der Waals surface area contributed by atoms with Gasteiger partial charge >= 0.3 is 0 Å². The van der Waals surface area contributed by atoms with Crippen molar-refractivity contribution in [1.82, 2.24) is 15.8 Å². The van der Waals surface area contributed by atoms with E-state index in [2.05, 4.69) is 45.2 Å². The second-order valence-electron chi connectivity index (χ2n) is 5.78. The van der Waals surface area contributed by atoms with E-state index in [0.29, 0.717) is 18.5 Å². The molecule has 24 heavy (non-hydrogen) atoms. The van der Waals surface area contributed by atoms with Crippen LogP contribution in [0, 0.1) is 0 Å². The third-order valence-electron chi connectivity index (χ3n) is 4.07. The fourth-order valence-corrected chi connectivity index (χ4v) is 2.89. The molecule has 120 valence electrons. The first-order valence-corrected chi connectivity index (χ1v) is 7.73. The van der Waals surface area contributed by atoms with E-state index < -0.39 is 5.54 Å². The van der Waals surface area contributed by atoms with Crippen LogP contribution in [0.25, 0.3) is 0 Å². The van der Waals surface area contributed by atoms with Crippen LogP contribution in [0.5, 0.6) is 0 Å². The lowest BCUT2D eigenvalue weighted by Gasteiger charge is -2.22. The average molecular weight is 320 g/mol. The molecule has 1 atom stereocenters. The van der Waals surface area contributed by atoms with Gasteiger partial charge in [0.15, 0.2) is 0 Å². The van der Waals surface area contributed by atoms with Crippen molar-refractivity contribution in [3.63, 3.8) is 0 Å². The van der Waals surface area contributed by atoms with Crippen LogP contribution in [0.4, 0.5) is 0 Å². The monoisotopic (exact) mass is 320 g/mol. The Balaban J connectivity index is 1.68. The molecule has 0 spiro atoms. The summed E-state index contributed by atoms with van der Waals surface area (Å²) in [4.78, 5) is 5.07. The van der Waals surface area contributed by atoms with Gasteiger partial charge in [-0.2, -0.15) is 0 Å². The van der Waals surface area contributed by atoms with Crippen LogP contribution in [-0.4, -0.2) is 16.5 Å². The predicted molar refractivity (Wildman–Crippen MR) is 88.1 cm³/mol. The van der Waals surface area contributed by atoms with Crippen molar-refractivity contribution in [2.75, 3.05) is 0 Å². The summed E-state index contributed by atoms with van der Waals surface area (Å²) in [6, 6.07) is 20.2. The highest BCUT2D eigenvalue weighted by Crippen LogP contribution is 2.29. The van der Waals surface area contributed by atoms with E-state index in [9.17, 15) is 0 Å². The Kier molecular flexibility index (Phi) is 3.80. The third-order valence-corrected chi connectivity index (χ3v) is 4.07. The Morgan fingerprint density at radius 1 is 0.875 bits per heavy atom. The van der Waals surface area contributed by atoms with Crippen molar-refractivity contribution in [3.05, 3.63) is 83.2 Å². The number of oxime groups is 1. The molecule has 0 saturated carbocycles. The van der Waals surface area contributed by atoms with Crippen LogP contribution in [0.2, 0.25) is 0 Å². The maximum absolute atomic E-state index is 5.07. The first kappa shape index (κ1) is 14.6. The third kappa shape index (κ3) is 2.79. The number of hydrogen-bond acceptors (Lipinski definition) is 6. The molecule has 1 unspecified atom stereocenters. The largest absolute Gasteiger partial charge is 0.299 e. The molecule has 0 saturated heterocycles. The Morgan fingerprint density at radius 3 is 2.25 bits per heavy atom. The van der Waals surface area contributed by atoms with Gasteiger partial charge in [-0.15, -0.1) is 5.48 Å². The van der Waals surface area contributed by atoms with Gasteiger partial charge in [-0.3, -0.25) is 4.94 Å². The van der Waals surface area contributed by atoms with E-state index in [1.165, 1.54) is 0 Å². The molecule has 2 heterocycles. The second kappa shape index (κ2) is 6.25. The van der Waals surface area contributed by atoms with E-state index in [0.717, 1.165) is 16.8 Å². The number of rotatable bonds is 5. The molecule has 4 rings (SSSR count). The summed E-state index contributed by atoms with van der Waals surface area (Å²) < 4.78 is 5.04. The average Bonchev–Trinajstić information content (AvgIpc) is 3.27. The second-order valence-corrected chi connectivity index (χ2v) is 5.78. The Hall–Kier alpha value is -2.99. The van der Waals surface area contributed by atoms with Gasteiger partial charge in [0.2, 0.25) is 0 Å². The number of benzene rings is 2. The lowest BCUT2D eigenvalue weighted by molar-refractivity contribution is 0.0285. The first-order valence-electron chi connectivity index (χ1n) is 7.73. The number of nitrogens with zero attached hydrogens (tertiary/aromatic N) is 3. The highest BCUT2D eigenvalue weighted by atomic mass is 16.8. The van der Waals surface area contributed by atoms with Crippen LogP contribution in [0.3, 0.4) is 0 Å². The fourth-order valence-electron chi connectivity index (χ4n) is 2.89. The van der Waals surface area contributed by atoms with Gasteiger partial charge in [0.1, 0.15) is 16.9 Å². The first-order chi connectivity index (χ1) is 11.9. The van der Waals surface area contributed by atoms with E-state index in [1.54, 1.807) is 6.21 Å². The smallest absolute Gasteiger partial charge is 0.146 e. The van der Waals surface area contributed by atoms with Crippen molar-refractivity contribution in [3.8, 4) is 0 Å². The molecular formula is C18H16N4O2. The minimum absolute atomic E-state index is 0.631. The molecule has 0 amide bonds. The minimum atomic E-state index is -0.689. The highest BCUT2D eigenvalue weighted by Gasteiger charge is 2.41. The van der Waals surface area contributed by atoms with Gasteiger partial charge in [0, 0.05) is 12.8 Å². The molecule has 0 aliphatic carbocycles. The van der Waals surface area contributed by atoms with Gasteiger partial charge in [-0.05, 0) is 11.1 Å². The predicted octanol–water partition coefficient (Wildman–Crippen LogP) is 2.62. The molecule has 3 aromatic rings. The summed E-state index contributed by atoms with van der Waals surface area (Å²) in [7, 11) is 0. The number of nitrogens with one attached hydrogen (secondary N) is 1. The number of hydroxylamine groups is 1. The number of aromatic nitrogens is 2. The Labute approximate surface area is 139 Å². The molecule has 0 bridgehead atoms. The zero-order valence-corrected chi connectivity index (χ0v) is 12.9. The zero-order valence-electron chi connectivity index (χ0n) is 12.9. The zero-order chi connectivity index (χ0) is 16.2. The van der Waals surface area contributed by atoms with E-state index in [1.807, 2.05) is 36.4 Å². The minimum Gasteiger partial charge on any atom is -0.299 e. The van der Waals surface area contributed by atoms with Crippen LogP contribution < -0.4 is 5.48 Å². The van der Waals surface area contributed by atoms with Crippen molar-refractivity contribution in [1.29, 1.82) is 0 Å². The summed E-state index contributed by atoms with van der Waals surface area (Å²) in [6.07, 6.45) is 2.98.